The molecule has 0 aliphatic carbocycles. The molecule has 0 atom stereocenters. The van der Waals surface area contributed by atoms with Crippen molar-refractivity contribution in [3.8, 4) is 5.75 Å². The molecule has 2 aromatic carbocycles. The Morgan fingerprint density at radius 3 is 2.65 bits per heavy atom. The van der Waals surface area contributed by atoms with Gasteiger partial charge in [-0.15, -0.1) is 0 Å². The summed E-state index contributed by atoms with van der Waals surface area (Å²) in [5.41, 5.74) is 2.23. The predicted octanol–water partition coefficient (Wildman–Crippen LogP) is 5.04. The van der Waals surface area contributed by atoms with Gasteiger partial charge in [-0.2, -0.15) is 0 Å². The van der Waals surface area contributed by atoms with E-state index in [2.05, 4.69) is 35.1 Å². The summed E-state index contributed by atoms with van der Waals surface area (Å²) in [4.78, 5) is 12.0. The largest absolute Gasteiger partial charge is 0.483 e. The Labute approximate surface area is 144 Å². The summed E-state index contributed by atoms with van der Waals surface area (Å²) in [5, 5.41) is 2.51. The van der Waals surface area contributed by atoms with Crippen molar-refractivity contribution >= 4 is 27.5 Å². The fraction of sp³-hybridized carbons (Fsp3) is 0.278. The van der Waals surface area contributed by atoms with Gasteiger partial charge >= 0.3 is 0 Å². The molecule has 0 fully saturated rings. The van der Waals surface area contributed by atoms with E-state index >= 15 is 0 Å². The first-order chi connectivity index (χ1) is 10.9. The molecule has 2 rings (SSSR count). The Bertz CT molecular complexity index is 716. The van der Waals surface area contributed by atoms with Crippen LogP contribution in [-0.2, 0) is 4.79 Å². The highest BCUT2D eigenvalue weighted by molar-refractivity contribution is 9.10. The molecule has 122 valence electrons. The molecule has 3 nitrogen and oxygen atoms in total. The van der Waals surface area contributed by atoms with Crippen LogP contribution in [0.5, 0.6) is 5.75 Å². The lowest BCUT2D eigenvalue weighted by Gasteiger charge is -2.15. The molecule has 23 heavy (non-hydrogen) atoms. The van der Waals surface area contributed by atoms with Crippen molar-refractivity contribution in [2.75, 3.05) is 11.9 Å². The predicted molar refractivity (Wildman–Crippen MR) is 93.5 cm³/mol. The maximum atomic E-state index is 13.7. The number of carbonyl (C=O) groups excluding carboxylic acids is 1. The van der Waals surface area contributed by atoms with E-state index in [-0.39, 0.29) is 18.2 Å². The Balaban J connectivity index is 2.03. The van der Waals surface area contributed by atoms with Gasteiger partial charge in [0.15, 0.2) is 6.61 Å². The molecule has 1 N–H and O–H groups in total. The van der Waals surface area contributed by atoms with E-state index < -0.39 is 11.7 Å². The molecule has 0 aliphatic rings. The standard InChI is InChI=1S/C18H19BrFNO2/c1-11(2)14-6-4-12(3)8-17(14)23-10-18(22)21-16-7-5-13(19)9-15(16)20/h4-9,11H,10H2,1-3H3,(H,21,22). The third-order valence-corrected chi connectivity index (χ3v) is 3.85. The van der Waals surface area contributed by atoms with Gasteiger partial charge in [0.1, 0.15) is 11.6 Å². The number of hydrogen-bond acceptors (Lipinski definition) is 2. The average Bonchev–Trinajstić information content (AvgIpc) is 2.48. The van der Waals surface area contributed by atoms with E-state index in [1.807, 2.05) is 25.1 Å². The van der Waals surface area contributed by atoms with Gasteiger partial charge in [0, 0.05) is 4.47 Å². The molecule has 0 aliphatic heterocycles. The molecule has 2 aromatic rings. The van der Waals surface area contributed by atoms with Crippen molar-refractivity contribution < 1.29 is 13.9 Å². The molecule has 0 heterocycles. The van der Waals surface area contributed by atoms with E-state index in [9.17, 15) is 9.18 Å². The first kappa shape index (κ1) is 17.5. The normalized spacial score (nSPS) is 10.7. The van der Waals surface area contributed by atoms with Crippen molar-refractivity contribution in [2.45, 2.75) is 26.7 Å². The van der Waals surface area contributed by atoms with Crippen LogP contribution < -0.4 is 10.1 Å². The number of halogens is 2. The van der Waals surface area contributed by atoms with Gasteiger partial charge in [-0.25, -0.2) is 4.39 Å². The fourth-order valence-corrected chi connectivity index (χ4v) is 2.50. The van der Waals surface area contributed by atoms with Crippen LogP contribution >= 0.6 is 15.9 Å². The van der Waals surface area contributed by atoms with Crippen LogP contribution in [0.4, 0.5) is 10.1 Å². The molecule has 5 heteroatoms. The molecule has 0 saturated carbocycles. The Morgan fingerprint density at radius 1 is 1.26 bits per heavy atom. The number of rotatable bonds is 5. The second-order valence-corrected chi connectivity index (χ2v) is 6.57. The molecular weight excluding hydrogens is 361 g/mol. The minimum absolute atomic E-state index is 0.134. The molecule has 1 amide bonds. The number of nitrogens with one attached hydrogen (secondary N) is 1. The highest BCUT2D eigenvalue weighted by Crippen LogP contribution is 2.27. The molecule has 0 aromatic heterocycles. The molecule has 0 unspecified atom stereocenters. The van der Waals surface area contributed by atoms with Crippen molar-refractivity contribution in [1.29, 1.82) is 0 Å². The minimum Gasteiger partial charge on any atom is -0.483 e. The van der Waals surface area contributed by atoms with Gasteiger partial charge in [0.05, 0.1) is 5.69 Å². The quantitative estimate of drug-likeness (QED) is 0.790. The summed E-state index contributed by atoms with van der Waals surface area (Å²) in [7, 11) is 0. The van der Waals surface area contributed by atoms with E-state index in [1.165, 1.54) is 12.1 Å². The second-order valence-electron chi connectivity index (χ2n) is 5.66. The Hall–Kier alpha value is -1.88. The van der Waals surface area contributed by atoms with Gasteiger partial charge in [-0.3, -0.25) is 4.79 Å². The number of benzene rings is 2. The van der Waals surface area contributed by atoms with E-state index in [1.54, 1.807) is 6.07 Å². The number of anilines is 1. The molecule has 0 bridgehead atoms. The zero-order valence-corrected chi connectivity index (χ0v) is 14.9. The minimum atomic E-state index is -0.494. The van der Waals surface area contributed by atoms with Crippen LogP contribution in [0.3, 0.4) is 0 Å². The van der Waals surface area contributed by atoms with E-state index in [0.717, 1.165) is 11.1 Å². The monoisotopic (exact) mass is 379 g/mol. The fourth-order valence-electron chi connectivity index (χ4n) is 2.16. The van der Waals surface area contributed by atoms with Gasteiger partial charge in [0.25, 0.3) is 5.91 Å². The summed E-state index contributed by atoms with van der Waals surface area (Å²) in [6.45, 7) is 5.93. The third kappa shape index (κ3) is 4.79. The van der Waals surface area contributed by atoms with Crippen LogP contribution in [0.2, 0.25) is 0 Å². The van der Waals surface area contributed by atoms with Gasteiger partial charge in [0.2, 0.25) is 0 Å². The smallest absolute Gasteiger partial charge is 0.262 e. The number of aryl methyl sites for hydroxylation is 1. The maximum Gasteiger partial charge on any atom is 0.262 e. The lowest BCUT2D eigenvalue weighted by Crippen LogP contribution is -2.21. The van der Waals surface area contributed by atoms with Crippen LogP contribution in [0.1, 0.15) is 30.9 Å². The van der Waals surface area contributed by atoms with Crippen molar-refractivity contribution in [3.63, 3.8) is 0 Å². The van der Waals surface area contributed by atoms with E-state index in [4.69, 9.17) is 4.74 Å². The first-order valence-corrected chi connectivity index (χ1v) is 8.14. The third-order valence-electron chi connectivity index (χ3n) is 3.36. The van der Waals surface area contributed by atoms with Crippen molar-refractivity contribution in [3.05, 3.63) is 57.8 Å². The van der Waals surface area contributed by atoms with Gasteiger partial charge in [-0.05, 0) is 48.2 Å². The van der Waals surface area contributed by atoms with Crippen LogP contribution in [0.25, 0.3) is 0 Å². The summed E-state index contributed by atoms with van der Waals surface area (Å²) in [6.07, 6.45) is 0. The number of ether oxygens (including phenoxy) is 1. The SMILES string of the molecule is Cc1ccc(C(C)C)c(OCC(=O)Nc2ccc(Br)cc2F)c1. The molecule has 0 spiro atoms. The Morgan fingerprint density at radius 2 is 2.00 bits per heavy atom. The van der Waals surface area contributed by atoms with Crippen LogP contribution in [0, 0.1) is 12.7 Å². The Kier molecular flexibility index (Phi) is 5.77. The zero-order chi connectivity index (χ0) is 17.0. The molecule has 0 saturated heterocycles. The van der Waals surface area contributed by atoms with Gasteiger partial charge in [-0.1, -0.05) is 41.9 Å². The van der Waals surface area contributed by atoms with Crippen LogP contribution in [0.15, 0.2) is 40.9 Å². The number of hydrogen-bond donors (Lipinski definition) is 1. The second kappa shape index (κ2) is 7.59. The number of amides is 1. The summed E-state index contributed by atoms with van der Waals surface area (Å²) in [5.74, 6) is 0.0811. The summed E-state index contributed by atoms with van der Waals surface area (Å²) < 4.78 is 20.0. The van der Waals surface area contributed by atoms with E-state index in [0.29, 0.717) is 10.2 Å². The summed E-state index contributed by atoms with van der Waals surface area (Å²) >= 11 is 3.17. The summed E-state index contributed by atoms with van der Waals surface area (Å²) in [6, 6.07) is 10.4. The topological polar surface area (TPSA) is 38.3 Å². The van der Waals surface area contributed by atoms with Crippen molar-refractivity contribution in [2.24, 2.45) is 0 Å². The van der Waals surface area contributed by atoms with Crippen molar-refractivity contribution in [1.82, 2.24) is 0 Å². The molecule has 0 radical (unpaired) electrons. The highest BCUT2D eigenvalue weighted by atomic mass is 79.9. The maximum absolute atomic E-state index is 13.7. The van der Waals surface area contributed by atoms with Gasteiger partial charge < -0.3 is 10.1 Å². The molecular formula is C18H19BrFNO2. The number of carbonyl (C=O) groups is 1. The lowest BCUT2D eigenvalue weighted by molar-refractivity contribution is -0.118. The average molecular weight is 380 g/mol. The van der Waals surface area contributed by atoms with Crippen LogP contribution in [-0.4, -0.2) is 12.5 Å². The lowest BCUT2D eigenvalue weighted by atomic mass is 10.0. The first-order valence-electron chi connectivity index (χ1n) is 7.35. The highest BCUT2D eigenvalue weighted by Gasteiger charge is 2.12. The zero-order valence-electron chi connectivity index (χ0n) is 13.3.